The number of benzene rings is 2. The summed E-state index contributed by atoms with van der Waals surface area (Å²) in [6.07, 6.45) is 0.735. The molecule has 0 aliphatic heterocycles. The maximum Gasteiger partial charge on any atom is 0.221 e. The average Bonchev–Trinajstić information content (AvgIpc) is 2.51. The molecule has 1 amide bonds. The first-order chi connectivity index (χ1) is 11.7. The zero-order valence-electron chi connectivity index (χ0n) is 14.8. The Kier molecular flexibility index (Phi) is 6.79. The molecule has 1 N–H and O–H groups in total. The summed E-state index contributed by atoms with van der Waals surface area (Å²) in [4.78, 5) is 11.3. The molecule has 0 bridgehead atoms. The first kappa shape index (κ1) is 20.1. The van der Waals surface area contributed by atoms with Crippen molar-refractivity contribution in [1.82, 2.24) is 0 Å². The third-order valence-electron chi connectivity index (χ3n) is 4.16. The molecule has 1 atom stereocenters. The van der Waals surface area contributed by atoms with Gasteiger partial charge < -0.3 is 5.32 Å². The van der Waals surface area contributed by atoms with E-state index in [9.17, 15) is 4.79 Å². The van der Waals surface area contributed by atoms with E-state index < -0.39 is 0 Å². The highest BCUT2D eigenvalue weighted by molar-refractivity contribution is 6.36. The van der Waals surface area contributed by atoms with Crippen molar-refractivity contribution in [3.63, 3.8) is 0 Å². The number of halogens is 3. The molecule has 2 aromatic carbocycles. The van der Waals surface area contributed by atoms with Crippen LogP contribution in [0, 0.1) is 0 Å². The van der Waals surface area contributed by atoms with Crippen LogP contribution in [0.25, 0.3) is 0 Å². The predicted molar refractivity (Wildman–Crippen MR) is 108 cm³/mol. The molecular weight excluding hydrogens is 377 g/mol. The molecule has 1 unspecified atom stereocenters. The van der Waals surface area contributed by atoms with Crippen molar-refractivity contribution in [1.29, 1.82) is 0 Å². The Bertz CT molecular complexity index is 787. The fourth-order valence-corrected chi connectivity index (χ4v) is 4.13. The van der Waals surface area contributed by atoms with Gasteiger partial charge in [-0.3, -0.25) is 4.79 Å². The molecule has 0 saturated heterocycles. The summed E-state index contributed by atoms with van der Waals surface area (Å²) >= 11 is 19.3. The fourth-order valence-electron chi connectivity index (χ4n) is 2.94. The molecule has 0 aromatic heterocycles. The number of hydrogen-bond acceptors (Lipinski definition) is 1. The lowest BCUT2D eigenvalue weighted by molar-refractivity contribution is -0.114. The van der Waals surface area contributed by atoms with Crippen LogP contribution in [0.5, 0.6) is 0 Å². The molecule has 0 spiro atoms. The van der Waals surface area contributed by atoms with Crippen molar-refractivity contribution in [2.24, 2.45) is 0 Å². The maximum atomic E-state index is 11.3. The molecule has 0 radical (unpaired) electrons. The Hall–Kier alpha value is -1.22. The smallest absolute Gasteiger partial charge is 0.221 e. The van der Waals surface area contributed by atoms with E-state index in [2.05, 4.69) is 26.1 Å². The number of carbonyl (C=O) groups excluding carboxylic acids is 1. The zero-order chi connectivity index (χ0) is 18.7. The summed E-state index contributed by atoms with van der Waals surface area (Å²) in [6, 6.07) is 9.40. The first-order valence-corrected chi connectivity index (χ1v) is 9.37. The molecule has 2 rings (SSSR count). The van der Waals surface area contributed by atoms with E-state index in [4.69, 9.17) is 34.8 Å². The zero-order valence-corrected chi connectivity index (χ0v) is 17.1. The van der Waals surface area contributed by atoms with Crippen LogP contribution in [0.15, 0.2) is 30.3 Å². The Morgan fingerprint density at radius 3 is 2.28 bits per heavy atom. The predicted octanol–water partition coefficient (Wildman–Crippen LogP) is 7.07. The highest BCUT2D eigenvalue weighted by atomic mass is 35.5. The van der Waals surface area contributed by atoms with Crippen LogP contribution < -0.4 is 5.32 Å². The molecule has 0 heterocycles. The van der Waals surface area contributed by atoms with Crippen molar-refractivity contribution in [3.8, 4) is 0 Å². The Morgan fingerprint density at radius 2 is 1.68 bits per heavy atom. The van der Waals surface area contributed by atoms with Gasteiger partial charge in [-0.15, -0.1) is 0 Å². The van der Waals surface area contributed by atoms with E-state index in [-0.39, 0.29) is 17.7 Å². The van der Waals surface area contributed by atoms with E-state index in [1.165, 1.54) is 6.92 Å². The monoisotopic (exact) mass is 397 g/mol. The molecule has 134 valence electrons. The van der Waals surface area contributed by atoms with Crippen molar-refractivity contribution >= 4 is 46.4 Å². The van der Waals surface area contributed by atoms with Crippen molar-refractivity contribution in [2.45, 2.75) is 46.0 Å². The van der Waals surface area contributed by atoms with Crippen molar-refractivity contribution in [2.75, 3.05) is 5.32 Å². The lowest BCUT2D eigenvalue weighted by Crippen LogP contribution is -2.07. The third-order valence-corrected chi connectivity index (χ3v) is 5.28. The van der Waals surface area contributed by atoms with Crippen LogP contribution in [0.3, 0.4) is 0 Å². The van der Waals surface area contributed by atoms with Gasteiger partial charge in [-0.05, 0) is 59.2 Å². The highest BCUT2D eigenvalue weighted by Gasteiger charge is 2.18. The van der Waals surface area contributed by atoms with Gasteiger partial charge in [0.15, 0.2) is 0 Å². The minimum absolute atomic E-state index is 0.108. The summed E-state index contributed by atoms with van der Waals surface area (Å²) in [6.45, 7) is 7.74. The molecule has 0 fully saturated rings. The molecule has 2 nitrogen and oxygen atoms in total. The van der Waals surface area contributed by atoms with Gasteiger partial charge in [0.05, 0.1) is 0 Å². The van der Waals surface area contributed by atoms with E-state index in [1.54, 1.807) is 6.07 Å². The largest absolute Gasteiger partial charge is 0.326 e. The Morgan fingerprint density at radius 1 is 1.04 bits per heavy atom. The van der Waals surface area contributed by atoms with E-state index in [1.807, 2.05) is 24.3 Å². The third kappa shape index (κ3) is 4.91. The first-order valence-electron chi connectivity index (χ1n) is 8.24. The van der Waals surface area contributed by atoms with Gasteiger partial charge in [-0.25, -0.2) is 0 Å². The van der Waals surface area contributed by atoms with E-state index >= 15 is 0 Å². The standard InChI is InChI=1S/C20H22Cl3NO/c1-11(2)19-18(22)7-5-14(20(19)23)9-12(3)16-10-15(24-13(4)25)6-8-17(16)21/h5-8,10-12H,9H2,1-4H3,(H,24,25). The molecule has 5 heteroatoms. The van der Waals surface area contributed by atoms with Crippen molar-refractivity contribution in [3.05, 3.63) is 62.1 Å². The normalized spacial score (nSPS) is 12.3. The molecule has 0 aliphatic rings. The quantitative estimate of drug-likeness (QED) is 0.573. The summed E-state index contributed by atoms with van der Waals surface area (Å²) in [5.74, 6) is 0.282. The Labute approximate surface area is 164 Å². The van der Waals surface area contributed by atoms with Gasteiger partial charge in [-0.1, -0.05) is 61.6 Å². The molecule has 25 heavy (non-hydrogen) atoms. The minimum Gasteiger partial charge on any atom is -0.326 e. The van der Waals surface area contributed by atoms with Gasteiger partial charge in [0.1, 0.15) is 0 Å². The second-order valence-electron chi connectivity index (χ2n) is 6.61. The van der Waals surface area contributed by atoms with Gasteiger partial charge in [0.2, 0.25) is 5.91 Å². The summed E-state index contributed by atoms with van der Waals surface area (Å²) in [5, 5.41) is 4.89. The molecule has 0 aliphatic carbocycles. The summed E-state index contributed by atoms with van der Waals surface area (Å²) in [7, 11) is 0. The highest BCUT2D eigenvalue weighted by Crippen LogP contribution is 2.37. The number of carbonyl (C=O) groups is 1. The van der Waals surface area contributed by atoms with E-state index in [0.29, 0.717) is 10.0 Å². The molecule has 0 saturated carbocycles. The van der Waals surface area contributed by atoms with Gasteiger partial charge in [-0.2, -0.15) is 0 Å². The molecule has 2 aromatic rings. The average molecular weight is 399 g/mol. The SMILES string of the molecule is CC(=O)Nc1ccc(Cl)c(C(C)Cc2ccc(Cl)c(C(C)C)c2Cl)c1. The molecular formula is C20H22Cl3NO. The van der Waals surface area contributed by atoms with Crippen LogP contribution in [0.2, 0.25) is 15.1 Å². The lowest BCUT2D eigenvalue weighted by atomic mass is 9.91. The summed E-state index contributed by atoms with van der Waals surface area (Å²) in [5.41, 5.74) is 3.74. The van der Waals surface area contributed by atoms with Crippen LogP contribution in [0.4, 0.5) is 5.69 Å². The maximum absolute atomic E-state index is 11.3. The summed E-state index contributed by atoms with van der Waals surface area (Å²) < 4.78 is 0. The van der Waals surface area contributed by atoms with Gasteiger partial charge in [0.25, 0.3) is 0 Å². The van der Waals surface area contributed by atoms with Crippen LogP contribution >= 0.6 is 34.8 Å². The number of rotatable bonds is 5. The minimum atomic E-state index is -0.108. The van der Waals surface area contributed by atoms with Gasteiger partial charge >= 0.3 is 0 Å². The Balaban J connectivity index is 2.33. The van der Waals surface area contributed by atoms with Crippen LogP contribution in [0.1, 0.15) is 56.2 Å². The number of amides is 1. The number of nitrogens with one attached hydrogen (secondary N) is 1. The number of anilines is 1. The second-order valence-corrected chi connectivity index (χ2v) is 7.80. The van der Waals surface area contributed by atoms with Gasteiger partial charge in [0, 0.05) is 27.7 Å². The lowest BCUT2D eigenvalue weighted by Gasteiger charge is -2.19. The number of hydrogen-bond donors (Lipinski definition) is 1. The van der Waals surface area contributed by atoms with E-state index in [0.717, 1.165) is 33.8 Å². The van der Waals surface area contributed by atoms with Crippen LogP contribution in [-0.4, -0.2) is 5.91 Å². The fraction of sp³-hybridized carbons (Fsp3) is 0.350. The van der Waals surface area contributed by atoms with Crippen molar-refractivity contribution < 1.29 is 4.79 Å². The van der Waals surface area contributed by atoms with Crippen LogP contribution in [-0.2, 0) is 11.2 Å². The second kappa shape index (κ2) is 8.44. The topological polar surface area (TPSA) is 29.1 Å².